The third kappa shape index (κ3) is 5.21. The molecule has 2 aliphatic rings. The van der Waals surface area contributed by atoms with Crippen molar-refractivity contribution in [1.29, 1.82) is 0 Å². The van der Waals surface area contributed by atoms with Crippen LogP contribution in [0, 0.1) is 5.92 Å². The fraction of sp³-hybridized carbons (Fsp3) is 0.600. The summed E-state index contributed by atoms with van der Waals surface area (Å²) < 4.78 is 5.37. The van der Waals surface area contributed by atoms with E-state index in [4.69, 9.17) is 4.74 Å². The molecule has 1 saturated heterocycles. The van der Waals surface area contributed by atoms with Crippen molar-refractivity contribution < 1.29 is 14.3 Å². The Kier molecular flexibility index (Phi) is 6.31. The van der Waals surface area contributed by atoms with E-state index in [0.717, 1.165) is 31.2 Å². The van der Waals surface area contributed by atoms with E-state index in [9.17, 15) is 9.59 Å². The smallest absolute Gasteiger partial charge is 0.410 e. The van der Waals surface area contributed by atoms with Gasteiger partial charge in [0.05, 0.1) is 0 Å². The van der Waals surface area contributed by atoms with Crippen LogP contribution in [-0.4, -0.2) is 36.0 Å². The van der Waals surface area contributed by atoms with Gasteiger partial charge in [-0.3, -0.25) is 4.79 Å². The molecule has 1 saturated carbocycles. The van der Waals surface area contributed by atoms with E-state index in [1.807, 2.05) is 30.3 Å². The zero-order valence-corrected chi connectivity index (χ0v) is 14.8. The lowest BCUT2D eigenvalue weighted by atomic mass is 9.92. The monoisotopic (exact) mass is 344 g/mol. The number of hydrogen-bond acceptors (Lipinski definition) is 3. The Morgan fingerprint density at radius 2 is 1.68 bits per heavy atom. The molecule has 136 valence electrons. The lowest BCUT2D eigenvalue weighted by Gasteiger charge is -2.32. The number of hydrogen-bond donors (Lipinski definition) is 1. The van der Waals surface area contributed by atoms with Crippen LogP contribution in [-0.2, 0) is 16.1 Å². The molecular formula is C20H28N2O3. The van der Waals surface area contributed by atoms with Gasteiger partial charge >= 0.3 is 6.09 Å². The summed E-state index contributed by atoms with van der Waals surface area (Å²) in [6.07, 6.45) is 7.10. The van der Waals surface area contributed by atoms with Gasteiger partial charge in [-0.25, -0.2) is 4.79 Å². The maximum atomic E-state index is 12.4. The minimum atomic E-state index is -0.282. The summed E-state index contributed by atoms with van der Waals surface area (Å²) in [7, 11) is 0. The zero-order valence-electron chi connectivity index (χ0n) is 14.8. The van der Waals surface area contributed by atoms with E-state index >= 15 is 0 Å². The molecule has 1 N–H and O–H groups in total. The second-order valence-electron chi connectivity index (χ2n) is 7.15. The predicted molar refractivity (Wildman–Crippen MR) is 95.9 cm³/mol. The number of carbonyl (C=O) groups excluding carboxylic acids is 2. The second-order valence-corrected chi connectivity index (χ2v) is 7.15. The lowest BCUT2D eigenvalue weighted by Crippen LogP contribution is -2.45. The highest BCUT2D eigenvalue weighted by atomic mass is 16.6. The highest BCUT2D eigenvalue weighted by Crippen LogP contribution is 2.21. The van der Waals surface area contributed by atoms with Gasteiger partial charge in [-0.1, -0.05) is 49.6 Å². The van der Waals surface area contributed by atoms with E-state index in [-0.39, 0.29) is 17.9 Å². The molecule has 1 aromatic carbocycles. The quantitative estimate of drug-likeness (QED) is 0.910. The number of nitrogens with one attached hydrogen (secondary N) is 1. The number of piperidine rings is 1. The molecule has 5 heteroatoms. The summed E-state index contributed by atoms with van der Waals surface area (Å²) >= 11 is 0. The van der Waals surface area contributed by atoms with E-state index in [1.165, 1.54) is 19.3 Å². The molecule has 5 nitrogen and oxygen atoms in total. The summed E-state index contributed by atoms with van der Waals surface area (Å²) in [5.74, 6) is 0.198. The second kappa shape index (κ2) is 8.88. The number of carbonyl (C=O) groups is 2. The first kappa shape index (κ1) is 17.8. The van der Waals surface area contributed by atoms with Crippen molar-refractivity contribution in [2.45, 2.75) is 57.6 Å². The van der Waals surface area contributed by atoms with Crippen molar-refractivity contribution in [3.63, 3.8) is 0 Å². The van der Waals surface area contributed by atoms with Gasteiger partial charge < -0.3 is 15.0 Å². The highest BCUT2D eigenvalue weighted by molar-refractivity contribution is 5.79. The average molecular weight is 344 g/mol. The molecule has 25 heavy (non-hydrogen) atoms. The first-order valence-electron chi connectivity index (χ1n) is 9.48. The highest BCUT2D eigenvalue weighted by Gasteiger charge is 2.29. The van der Waals surface area contributed by atoms with Crippen molar-refractivity contribution in [2.75, 3.05) is 13.1 Å². The molecule has 0 radical (unpaired) electrons. The summed E-state index contributed by atoms with van der Waals surface area (Å²) in [4.78, 5) is 26.3. The number of nitrogens with zero attached hydrogens (tertiary/aromatic N) is 1. The van der Waals surface area contributed by atoms with Crippen LogP contribution in [0.5, 0.6) is 0 Å². The zero-order chi connectivity index (χ0) is 17.5. The maximum absolute atomic E-state index is 12.4. The van der Waals surface area contributed by atoms with Crippen LogP contribution in [0.15, 0.2) is 30.3 Å². The summed E-state index contributed by atoms with van der Waals surface area (Å²) in [6.45, 7) is 1.48. The van der Waals surface area contributed by atoms with Crippen molar-refractivity contribution in [3.05, 3.63) is 35.9 Å². The number of benzene rings is 1. The van der Waals surface area contributed by atoms with Crippen LogP contribution in [0.25, 0.3) is 0 Å². The minimum absolute atomic E-state index is 0.0279. The van der Waals surface area contributed by atoms with Crippen LogP contribution < -0.4 is 5.32 Å². The summed E-state index contributed by atoms with van der Waals surface area (Å²) in [5, 5.41) is 3.21. The fourth-order valence-corrected chi connectivity index (χ4v) is 3.70. The molecule has 0 atom stereocenters. The molecule has 0 bridgehead atoms. The molecule has 2 amide bonds. The van der Waals surface area contributed by atoms with Crippen molar-refractivity contribution in [2.24, 2.45) is 5.92 Å². The van der Waals surface area contributed by atoms with Gasteiger partial charge in [0, 0.05) is 25.0 Å². The van der Waals surface area contributed by atoms with Crippen LogP contribution in [0.4, 0.5) is 4.79 Å². The molecule has 0 unspecified atom stereocenters. The maximum Gasteiger partial charge on any atom is 0.410 e. The Bertz CT molecular complexity index is 562. The number of rotatable bonds is 4. The molecule has 2 fully saturated rings. The number of amides is 2. The molecule has 1 aliphatic carbocycles. The van der Waals surface area contributed by atoms with Gasteiger partial charge in [0.1, 0.15) is 6.61 Å². The van der Waals surface area contributed by atoms with E-state index in [0.29, 0.717) is 25.7 Å². The van der Waals surface area contributed by atoms with E-state index in [2.05, 4.69) is 5.32 Å². The normalized spacial score (nSPS) is 19.4. The van der Waals surface area contributed by atoms with Gasteiger partial charge in [0.25, 0.3) is 0 Å². The largest absolute Gasteiger partial charge is 0.445 e. The number of ether oxygens (including phenoxy) is 1. The standard InChI is InChI=1S/C20H28N2O3/c23-19(21-18-9-5-2-6-10-18)17-11-13-22(14-12-17)20(24)25-15-16-7-3-1-4-8-16/h1,3-4,7-8,17-18H,2,5-6,9-15H2,(H,21,23). The predicted octanol–water partition coefficient (Wildman–Crippen LogP) is 3.48. The lowest BCUT2D eigenvalue weighted by molar-refractivity contribution is -0.127. The molecule has 0 aromatic heterocycles. The summed E-state index contributed by atoms with van der Waals surface area (Å²) in [6, 6.07) is 10.0. The third-order valence-electron chi connectivity index (χ3n) is 5.28. The van der Waals surface area contributed by atoms with Crippen LogP contribution in [0.2, 0.25) is 0 Å². The van der Waals surface area contributed by atoms with Crippen molar-refractivity contribution in [1.82, 2.24) is 10.2 Å². The van der Waals surface area contributed by atoms with E-state index in [1.54, 1.807) is 4.90 Å². The van der Waals surface area contributed by atoms with E-state index < -0.39 is 0 Å². The van der Waals surface area contributed by atoms with Crippen molar-refractivity contribution in [3.8, 4) is 0 Å². The first-order valence-corrected chi connectivity index (χ1v) is 9.48. The Morgan fingerprint density at radius 1 is 1.00 bits per heavy atom. The van der Waals surface area contributed by atoms with Gasteiger partial charge in [0.2, 0.25) is 5.91 Å². The molecule has 0 spiro atoms. The summed E-state index contributed by atoms with van der Waals surface area (Å²) in [5.41, 5.74) is 0.984. The Balaban J connectivity index is 1.38. The average Bonchev–Trinajstić information content (AvgIpc) is 2.68. The van der Waals surface area contributed by atoms with Gasteiger partial charge in [-0.15, -0.1) is 0 Å². The molecule has 3 rings (SSSR count). The number of likely N-dealkylation sites (tertiary alicyclic amines) is 1. The topological polar surface area (TPSA) is 58.6 Å². The first-order chi connectivity index (χ1) is 12.2. The van der Waals surface area contributed by atoms with Gasteiger partial charge in [-0.05, 0) is 31.2 Å². The van der Waals surface area contributed by atoms with Gasteiger partial charge in [0.15, 0.2) is 0 Å². The Labute approximate surface area is 149 Å². The minimum Gasteiger partial charge on any atom is -0.445 e. The van der Waals surface area contributed by atoms with Gasteiger partial charge in [-0.2, -0.15) is 0 Å². The van der Waals surface area contributed by atoms with Crippen LogP contribution >= 0.6 is 0 Å². The molecule has 1 aromatic rings. The molecular weight excluding hydrogens is 316 g/mol. The third-order valence-corrected chi connectivity index (χ3v) is 5.28. The van der Waals surface area contributed by atoms with Crippen molar-refractivity contribution >= 4 is 12.0 Å². The van der Waals surface area contributed by atoms with Crippen LogP contribution in [0.1, 0.15) is 50.5 Å². The SMILES string of the molecule is O=C(NC1CCCCC1)C1CCN(C(=O)OCc2ccccc2)CC1. The fourth-order valence-electron chi connectivity index (χ4n) is 3.70. The Hall–Kier alpha value is -2.04. The molecule has 1 heterocycles. The molecule has 1 aliphatic heterocycles. The van der Waals surface area contributed by atoms with Crippen LogP contribution in [0.3, 0.4) is 0 Å². The Morgan fingerprint density at radius 3 is 2.36 bits per heavy atom.